The summed E-state index contributed by atoms with van der Waals surface area (Å²) in [6, 6.07) is 12.7. The Hall–Kier alpha value is -3.02. The van der Waals surface area contributed by atoms with E-state index in [9.17, 15) is 4.79 Å². The van der Waals surface area contributed by atoms with Gasteiger partial charge in [0.05, 0.1) is 6.21 Å². The normalized spacial score (nSPS) is 12.4. The van der Waals surface area contributed by atoms with Gasteiger partial charge in [-0.15, -0.1) is 0 Å². The molecule has 2 aromatic carbocycles. The van der Waals surface area contributed by atoms with Gasteiger partial charge in [0, 0.05) is 12.1 Å². The molecule has 0 saturated heterocycles. The molecule has 1 aliphatic rings. The Kier molecular flexibility index (Phi) is 4.42. The predicted molar refractivity (Wildman–Crippen MR) is 84.8 cm³/mol. The van der Waals surface area contributed by atoms with Crippen LogP contribution in [0.5, 0.6) is 11.5 Å². The van der Waals surface area contributed by atoms with E-state index < -0.39 is 0 Å². The summed E-state index contributed by atoms with van der Waals surface area (Å²) in [6.45, 7) is 0.659. The molecule has 1 heterocycles. The second-order valence-electron chi connectivity index (χ2n) is 4.91. The molecule has 0 atom stereocenters. The number of hydrogen-bond donors (Lipinski definition) is 1. The van der Waals surface area contributed by atoms with Crippen molar-refractivity contribution in [3.05, 3.63) is 59.2 Å². The van der Waals surface area contributed by atoms with Crippen LogP contribution in [0.1, 0.15) is 21.5 Å². The molecule has 0 aliphatic carbocycles. The highest BCUT2D eigenvalue weighted by atomic mass is 16.7. The van der Waals surface area contributed by atoms with Crippen molar-refractivity contribution in [1.82, 2.24) is 5.32 Å². The summed E-state index contributed by atoms with van der Waals surface area (Å²) in [6.07, 6.45) is 1.58. The zero-order valence-corrected chi connectivity index (χ0v) is 12.6. The molecular weight excluding hydrogens is 296 g/mol. The number of nitrogens with zero attached hydrogens (tertiary/aromatic N) is 1. The molecule has 0 bridgehead atoms. The Labute approximate surface area is 133 Å². The molecule has 6 nitrogen and oxygen atoms in total. The summed E-state index contributed by atoms with van der Waals surface area (Å²) in [5.41, 5.74) is 2.39. The highest BCUT2D eigenvalue weighted by Gasteiger charge is 2.13. The van der Waals surface area contributed by atoms with Gasteiger partial charge in [-0.05, 0) is 35.4 Å². The smallest absolute Gasteiger partial charge is 0.251 e. The van der Waals surface area contributed by atoms with Crippen molar-refractivity contribution in [2.45, 2.75) is 6.54 Å². The van der Waals surface area contributed by atoms with Crippen LogP contribution in [0, 0.1) is 0 Å². The Morgan fingerprint density at radius 1 is 1.22 bits per heavy atom. The zero-order chi connectivity index (χ0) is 16.1. The van der Waals surface area contributed by atoms with Gasteiger partial charge in [-0.2, -0.15) is 0 Å². The lowest BCUT2D eigenvalue weighted by Gasteiger charge is -2.06. The molecule has 0 spiro atoms. The summed E-state index contributed by atoms with van der Waals surface area (Å²) >= 11 is 0. The third-order valence-corrected chi connectivity index (χ3v) is 3.37. The highest BCUT2D eigenvalue weighted by Crippen LogP contribution is 2.32. The second-order valence-corrected chi connectivity index (χ2v) is 4.91. The van der Waals surface area contributed by atoms with Crippen LogP contribution < -0.4 is 14.8 Å². The number of rotatable bonds is 5. The van der Waals surface area contributed by atoms with E-state index >= 15 is 0 Å². The number of carbonyl (C=O) groups is 1. The molecule has 118 valence electrons. The van der Waals surface area contributed by atoms with Crippen LogP contribution in [0.2, 0.25) is 0 Å². The minimum atomic E-state index is -0.141. The Balaban J connectivity index is 1.59. The number of nitrogens with one attached hydrogen (secondary N) is 1. The van der Waals surface area contributed by atoms with Crippen LogP contribution >= 0.6 is 0 Å². The summed E-state index contributed by atoms with van der Waals surface area (Å²) < 4.78 is 10.6. The summed E-state index contributed by atoms with van der Waals surface area (Å²) in [5.74, 6) is 1.30. The summed E-state index contributed by atoms with van der Waals surface area (Å²) in [5, 5.41) is 6.55. The van der Waals surface area contributed by atoms with Gasteiger partial charge in [-0.25, -0.2) is 0 Å². The standard InChI is InChI=1S/C17H16N2O4/c1-21-19-10-12-2-5-14(6-3-12)17(20)18-9-13-4-7-15-16(8-13)23-11-22-15/h2-8,10H,9,11H2,1H3,(H,18,20)/b19-10+. The molecule has 1 amide bonds. The first-order valence-corrected chi connectivity index (χ1v) is 7.09. The van der Waals surface area contributed by atoms with E-state index in [1.807, 2.05) is 18.2 Å². The first-order chi connectivity index (χ1) is 11.3. The van der Waals surface area contributed by atoms with Crippen LogP contribution in [-0.4, -0.2) is 26.0 Å². The van der Waals surface area contributed by atoms with Gasteiger partial charge >= 0.3 is 0 Å². The summed E-state index contributed by atoms with van der Waals surface area (Å²) in [7, 11) is 1.48. The SMILES string of the molecule is CO/N=C/c1ccc(C(=O)NCc2ccc3c(c2)OCO3)cc1. The molecule has 0 fully saturated rings. The highest BCUT2D eigenvalue weighted by molar-refractivity contribution is 5.95. The first-order valence-electron chi connectivity index (χ1n) is 7.09. The number of fused-ring (bicyclic) bond motifs is 1. The maximum absolute atomic E-state index is 12.2. The lowest BCUT2D eigenvalue weighted by molar-refractivity contribution is 0.0951. The monoisotopic (exact) mass is 312 g/mol. The van der Waals surface area contributed by atoms with Gasteiger partial charge in [-0.1, -0.05) is 23.4 Å². The van der Waals surface area contributed by atoms with E-state index in [0.29, 0.717) is 17.9 Å². The Morgan fingerprint density at radius 2 is 2.00 bits per heavy atom. The van der Waals surface area contributed by atoms with Gasteiger partial charge in [0.2, 0.25) is 6.79 Å². The van der Waals surface area contributed by atoms with Gasteiger partial charge in [0.15, 0.2) is 11.5 Å². The van der Waals surface area contributed by atoms with Gasteiger partial charge in [0.1, 0.15) is 7.11 Å². The van der Waals surface area contributed by atoms with Crippen LogP contribution in [0.25, 0.3) is 0 Å². The lowest BCUT2D eigenvalue weighted by atomic mass is 10.1. The fraction of sp³-hybridized carbons (Fsp3) is 0.176. The van der Waals surface area contributed by atoms with E-state index in [-0.39, 0.29) is 12.7 Å². The quantitative estimate of drug-likeness (QED) is 0.679. The van der Waals surface area contributed by atoms with Crippen LogP contribution in [-0.2, 0) is 11.4 Å². The minimum absolute atomic E-state index is 0.141. The molecule has 23 heavy (non-hydrogen) atoms. The van der Waals surface area contributed by atoms with E-state index in [1.54, 1.807) is 30.5 Å². The number of benzene rings is 2. The first kappa shape index (κ1) is 14.9. The topological polar surface area (TPSA) is 69.2 Å². The van der Waals surface area contributed by atoms with E-state index in [4.69, 9.17) is 9.47 Å². The van der Waals surface area contributed by atoms with Crippen molar-refractivity contribution < 1.29 is 19.1 Å². The molecule has 0 aromatic heterocycles. The molecule has 1 N–H and O–H groups in total. The molecule has 6 heteroatoms. The fourth-order valence-corrected chi connectivity index (χ4v) is 2.17. The predicted octanol–water partition coefficient (Wildman–Crippen LogP) is 2.33. The average molecular weight is 312 g/mol. The third-order valence-electron chi connectivity index (χ3n) is 3.37. The van der Waals surface area contributed by atoms with Crippen LogP contribution in [0.4, 0.5) is 0 Å². The number of amides is 1. The van der Waals surface area contributed by atoms with Crippen molar-refractivity contribution >= 4 is 12.1 Å². The number of oxime groups is 1. The largest absolute Gasteiger partial charge is 0.454 e. The molecule has 3 rings (SSSR count). The maximum Gasteiger partial charge on any atom is 0.251 e. The van der Waals surface area contributed by atoms with Crippen LogP contribution in [0.3, 0.4) is 0 Å². The molecule has 1 aliphatic heterocycles. The fourth-order valence-electron chi connectivity index (χ4n) is 2.17. The van der Waals surface area contributed by atoms with Gasteiger partial charge in [-0.3, -0.25) is 4.79 Å². The molecule has 0 unspecified atom stereocenters. The maximum atomic E-state index is 12.2. The van der Waals surface area contributed by atoms with E-state index in [0.717, 1.165) is 16.9 Å². The Morgan fingerprint density at radius 3 is 2.78 bits per heavy atom. The third kappa shape index (κ3) is 3.60. The van der Waals surface area contributed by atoms with Crippen molar-refractivity contribution in [2.75, 3.05) is 13.9 Å². The Bertz CT molecular complexity index is 726. The molecule has 0 saturated carbocycles. The number of carbonyl (C=O) groups excluding carboxylic acids is 1. The van der Waals surface area contributed by atoms with Crippen molar-refractivity contribution in [3.8, 4) is 11.5 Å². The summed E-state index contributed by atoms with van der Waals surface area (Å²) in [4.78, 5) is 16.8. The van der Waals surface area contributed by atoms with Crippen molar-refractivity contribution in [3.63, 3.8) is 0 Å². The van der Waals surface area contributed by atoms with E-state index in [1.165, 1.54) is 7.11 Å². The van der Waals surface area contributed by atoms with Crippen molar-refractivity contribution in [1.29, 1.82) is 0 Å². The minimum Gasteiger partial charge on any atom is -0.454 e. The number of ether oxygens (including phenoxy) is 2. The molecular formula is C17H16N2O4. The van der Waals surface area contributed by atoms with Crippen molar-refractivity contribution in [2.24, 2.45) is 5.16 Å². The number of hydrogen-bond acceptors (Lipinski definition) is 5. The molecule has 0 radical (unpaired) electrons. The van der Waals surface area contributed by atoms with Crippen LogP contribution in [0.15, 0.2) is 47.6 Å². The zero-order valence-electron chi connectivity index (χ0n) is 12.6. The molecule has 2 aromatic rings. The van der Waals surface area contributed by atoms with Gasteiger partial charge < -0.3 is 19.6 Å². The second kappa shape index (κ2) is 6.83. The average Bonchev–Trinajstić information content (AvgIpc) is 3.06. The van der Waals surface area contributed by atoms with Gasteiger partial charge in [0.25, 0.3) is 5.91 Å². The lowest BCUT2D eigenvalue weighted by Crippen LogP contribution is -2.22. The van der Waals surface area contributed by atoms with E-state index in [2.05, 4.69) is 15.3 Å².